The number of benzene rings is 2. The zero-order chi connectivity index (χ0) is 15.2. The highest BCUT2D eigenvalue weighted by atomic mass is 35.5. The topological polar surface area (TPSA) is 67.8 Å². The third-order valence-corrected chi connectivity index (χ3v) is 3.09. The second-order valence-electron chi connectivity index (χ2n) is 4.39. The molecule has 0 radical (unpaired) electrons. The molecule has 2 aromatic rings. The van der Waals surface area contributed by atoms with E-state index in [-0.39, 0.29) is 12.4 Å². The van der Waals surface area contributed by atoms with E-state index in [1.807, 2.05) is 6.07 Å². The van der Waals surface area contributed by atoms with Crippen LogP contribution in [0.3, 0.4) is 0 Å². The molecule has 0 saturated carbocycles. The maximum absolute atomic E-state index is 11.5. The lowest BCUT2D eigenvalue weighted by Crippen LogP contribution is -2.20. The monoisotopic (exact) mass is 323 g/mol. The van der Waals surface area contributed by atoms with Gasteiger partial charge in [0.2, 0.25) is 0 Å². The van der Waals surface area contributed by atoms with Crippen LogP contribution in [0.25, 0.3) is 0 Å². The smallest absolute Gasteiger partial charge is 0.330 e. The Morgan fingerprint density at radius 3 is 2.32 bits per heavy atom. The van der Waals surface area contributed by atoms with Gasteiger partial charge in [-0.1, -0.05) is 30.3 Å². The number of ether oxygens (including phenoxy) is 2. The summed E-state index contributed by atoms with van der Waals surface area (Å²) in [6.45, 7) is 0. The Morgan fingerprint density at radius 1 is 1.09 bits per heavy atom. The van der Waals surface area contributed by atoms with E-state index in [1.165, 1.54) is 7.11 Å². The average Bonchev–Trinajstić information content (AvgIpc) is 2.52. The van der Waals surface area contributed by atoms with Crippen LogP contribution in [-0.4, -0.2) is 25.3 Å². The van der Waals surface area contributed by atoms with Crippen molar-refractivity contribution in [2.24, 2.45) is 0 Å². The van der Waals surface area contributed by atoms with Crippen LogP contribution in [0.15, 0.2) is 48.5 Å². The summed E-state index contributed by atoms with van der Waals surface area (Å²) < 4.78 is 10.4. The highest BCUT2D eigenvalue weighted by Gasteiger charge is 2.21. The summed E-state index contributed by atoms with van der Waals surface area (Å²) in [6.07, 6.45) is 0. The summed E-state index contributed by atoms with van der Waals surface area (Å²) >= 11 is 0. The van der Waals surface area contributed by atoms with Crippen molar-refractivity contribution in [3.63, 3.8) is 0 Å². The van der Waals surface area contributed by atoms with Gasteiger partial charge in [0, 0.05) is 6.07 Å². The fraction of sp³-hybridized carbons (Fsp3) is 0.188. The number of rotatable bonds is 6. The van der Waals surface area contributed by atoms with Crippen LogP contribution >= 0.6 is 12.4 Å². The molecule has 1 atom stereocenters. The van der Waals surface area contributed by atoms with Gasteiger partial charge in [-0.05, 0) is 17.7 Å². The van der Waals surface area contributed by atoms with Crippen molar-refractivity contribution in [2.45, 2.75) is 6.04 Å². The molecule has 1 unspecified atom stereocenters. The molecule has 22 heavy (non-hydrogen) atoms. The van der Waals surface area contributed by atoms with Crippen molar-refractivity contribution < 1.29 is 19.4 Å². The van der Waals surface area contributed by atoms with E-state index >= 15 is 0 Å². The van der Waals surface area contributed by atoms with Gasteiger partial charge in [0.1, 0.15) is 11.5 Å². The van der Waals surface area contributed by atoms with Crippen LogP contribution in [0.5, 0.6) is 11.5 Å². The fourth-order valence-corrected chi connectivity index (χ4v) is 2.02. The van der Waals surface area contributed by atoms with Crippen LogP contribution in [0.4, 0.5) is 5.69 Å². The molecule has 0 amide bonds. The van der Waals surface area contributed by atoms with Gasteiger partial charge >= 0.3 is 5.97 Å². The molecule has 118 valence electrons. The number of carboxylic acid groups (broad SMARTS) is 1. The lowest BCUT2D eigenvalue weighted by atomic mass is 10.1. The molecule has 0 spiro atoms. The normalized spacial score (nSPS) is 11.0. The molecule has 5 nitrogen and oxygen atoms in total. The number of hydrogen-bond donors (Lipinski definition) is 2. The molecule has 0 aromatic heterocycles. The van der Waals surface area contributed by atoms with E-state index in [2.05, 4.69) is 5.32 Å². The first kappa shape index (κ1) is 17.7. The van der Waals surface area contributed by atoms with Crippen LogP contribution in [0.1, 0.15) is 11.6 Å². The molecule has 0 aliphatic rings. The number of carbonyl (C=O) groups is 1. The third-order valence-electron chi connectivity index (χ3n) is 3.09. The Balaban J connectivity index is 0.00000242. The summed E-state index contributed by atoms with van der Waals surface area (Å²) in [6, 6.07) is 13.3. The minimum atomic E-state index is -0.967. The molecule has 0 aliphatic carbocycles. The van der Waals surface area contributed by atoms with E-state index in [0.29, 0.717) is 22.7 Å². The zero-order valence-corrected chi connectivity index (χ0v) is 13.1. The average molecular weight is 324 g/mol. The van der Waals surface area contributed by atoms with Crippen LogP contribution < -0.4 is 14.8 Å². The second-order valence-corrected chi connectivity index (χ2v) is 4.39. The van der Waals surface area contributed by atoms with Crippen molar-refractivity contribution in [1.29, 1.82) is 0 Å². The first-order chi connectivity index (χ1) is 10.2. The quantitative estimate of drug-likeness (QED) is 0.853. The molecule has 0 saturated heterocycles. The maximum atomic E-state index is 11.5. The molecular weight excluding hydrogens is 306 g/mol. The first-order valence-electron chi connectivity index (χ1n) is 6.42. The van der Waals surface area contributed by atoms with Crippen molar-refractivity contribution in [3.8, 4) is 11.5 Å². The van der Waals surface area contributed by atoms with E-state index in [0.717, 1.165) is 0 Å². The molecular formula is C16H18ClNO4. The minimum absolute atomic E-state index is 0. The number of anilines is 1. The van der Waals surface area contributed by atoms with E-state index < -0.39 is 12.0 Å². The number of carboxylic acids is 1. The highest BCUT2D eigenvalue weighted by Crippen LogP contribution is 2.32. The summed E-state index contributed by atoms with van der Waals surface area (Å²) in [5, 5.41) is 12.4. The van der Waals surface area contributed by atoms with E-state index in [1.54, 1.807) is 49.6 Å². The first-order valence-corrected chi connectivity index (χ1v) is 6.42. The van der Waals surface area contributed by atoms with Crippen LogP contribution in [0.2, 0.25) is 0 Å². The molecule has 6 heteroatoms. The van der Waals surface area contributed by atoms with Gasteiger partial charge in [0.25, 0.3) is 0 Å². The van der Waals surface area contributed by atoms with Gasteiger partial charge in [-0.15, -0.1) is 12.4 Å². The summed E-state index contributed by atoms with van der Waals surface area (Å²) in [7, 11) is 3.09. The number of nitrogens with one attached hydrogen (secondary N) is 1. The van der Waals surface area contributed by atoms with Crippen molar-refractivity contribution in [1.82, 2.24) is 0 Å². The van der Waals surface area contributed by atoms with Gasteiger partial charge in [-0.2, -0.15) is 0 Å². The molecule has 0 bridgehead atoms. The fourth-order valence-electron chi connectivity index (χ4n) is 2.02. The lowest BCUT2D eigenvalue weighted by molar-refractivity contribution is -0.138. The Bertz CT molecular complexity index is 619. The predicted octanol–water partition coefficient (Wildman–Crippen LogP) is 3.36. The van der Waals surface area contributed by atoms with E-state index in [9.17, 15) is 9.90 Å². The Morgan fingerprint density at radius 2 is 1.77 bits per heavy atom. The maximum Gasteiger partial charge on any atom is 0.330 e. The Labute approximate surface area is 135 Å². The van der Waals surface area contributed by atoms with Gasteiger partial charge in [0.05, 0.1) is 19.9 Å². The van der Waals surface area contributed by atoms with Gasteiger partial charge in [-0.25, -0.2) is 4.79 Å². The lowest BCUT2D eigenvalue weighted by Gasteiger charge is -2.18. The summed E-state index contributed by atoms with van der Waals surface area (Å²) in [5.41, 5.74) is 1.22. The van der Waals surface area contributed by atoms with Crippen molar-refractivity contribution in [3.05, 3.63) is 54.1 Å². The number of hydrogen-bond acceptors (Lipinski definition) is 4. The van der Waals surface area contributed by atoms with Crippen molar-refractivity contribution >= 4 is 24.1 Å². The van der Waals surface area contributed by atoms with Crippen LogP contribution in [-0.2, 0) is 4.79 Å². The SMILES string of the molecule is COc1ccc(OC)c(NC(C(=O)O)c2ccccc2)c1.Cl. The Kier molecular flexibility index (Phi) is 6.53. The second kappa shape index (κ2) is 8.14. The third kappa shape index (κ3) is 4.05. The Hall–Kier alpha value is -2.40. The predicted molar refractivity (Wildman–Crippen MR) is 87.2 cm³/mol. The van der Waals surface area contributed by atoms with E-state index in [4.69, 9.17) is 9.47 Å². The number of halogens is 1. The highest BCUT2D eigenvalue weighted by molar-refractivity contribution is 5.85. The largest absolute Gasteiger partial charge is 0.497 e. The van der Waals surface area contributed by atoms with Gasteiger partial charge in [0.15, 0.2) is 6.04 Å². The molecule has 0 heterocycles. The standard InChI is InChI=1S/C16H17NO4.ClH/c1-20-12-8-9-14(21-2)13(10-12)17-15(16(18)19)11-6-4-3-5-7-11;/h3-10,15,17H,1-2H3,(H,18,19);1H. The zero-order valence-electron chi connectivity index (χ0n) is 12.3. The van der Waals surface area contributed by atoms with Crippen molar-refractivity contribution in [2.75, 3.05) is 19.5 Å². The van der Waals surface area contributed by atoms with Gasteiger partial charge < -0.3 is 19.9 Å². The molecule has 2 rings (SSSR count). The number of aliphatic carboxylic acids is 1. The minimum Gasteiger partial charge on any atom is -0.497 e. The molecule has 2 aromatic carbocycles. The molecule has 0 fully saturated rings. The summed E-state index contributed by atoms with van der Waals surface area (Å²) in [5.74, 6) is 0.208. The van der Waals surface area contributed by atoms with Crippen LogP contribution in [0, 0.1) is 0 Å². The van der Waals surface area contributed by atoms with Gasteiger partial charge in [-0.3, -0.25) is 0 Å². The molecule has 0 aliphatic heterocycles. The summed E-state index contributed by atoms with van der Waals surface area (Å²) in [4.78, 5) is 11.5. The molecule has 2 N–H and O–H groups in total. The number of methoxy groups -OCH3 is 2.